The molecule has 9 N–H and O–H groups in total. The van der Waals surface area contributed by atoms with E-state index in [4.69, 9.17) is 5.73 Å². The molecule has 2 heterocycles. The van der Waals surface area contributed by atoms with Crippen molar-refractivity contribution >= 4 is 52.3 Å². The van der Waals surface area contributed by atoms with Gasteiger partial charge in [-0.15, -0.1) is 0 Å². The summed E-state index contributed by atoms with van der Waals surface area (Å²) in [6.07, 6.45) is 5.83. The van der Waals surface area contributed by atoms with Crippen LogP contribution in [-0.4, -0.2) is 91.0 Å². The average Bonchev–Trinajstić information content (AvgIpc) is 3.59. The summed E-state index contributed by atoms with van der Waals surface area (Å²) in [5.41, 5.74) is 8.03. The first-order chi connectivity index (χ1) is 19.6. The molecule has 4 unspecified atom stereocenters. The lowest BCUT2D eigenvalue weighted by molar-refractivity contribution is -0.143. The standard InChI is InChI=1S/C26H33N7O7S/c1-41-7-6-19(31-23(36)17(27)9-15-12-28-13-30-15)24(37)32-20(10-22(34)35)25(38)33-21(26(39)40)8-14-11-29-18-5-3-2-4-16(14)18/h2-5,11-13,17,19-21,29H,6-10,27H2,1H3,(H,28,30)(H,31,36)(H,32,37)(H,33,38)(H,34,35)(H,39,40). The van der Waals surface area contributed by atoms with E-state index >= 15 is 0 Å². The Morgan fingerprint density at radius 1 is 0.951 bits per heavy atom. The van der Waals surface area contributed by atoms with Crippen LogP contribution in [0.2, 0.25) is 0 Å². The number of carboxylic acids is 2. The van der Waals surface area contributed by atoms with Gasteiger partial charge in [0.2, 0.25) is 17.7 Å². The maximum atomic E-state index is 13.2. The first kappa shape index (κ1) is 31.2. The van der Waals surface area contributed by atoms with Crippen LogP contribution in [0.5, 0.6) is 0 Å². The molecular weight excluding hydrogens is 554 g/mol. The summed E-state index contributed by atoms with van der Waals surface area (Å²) in [6.45, 7) is 0. The monoisotopic (exact) mass is 587 g/mol. The van der Waals surface area contributed by atoms with Gasteiger partial charge in [-0.2, -0.15) is 11.8 Å². The zero-order valence-electron chi connectivity index (χ0n) is 22.3. The van der Waals surface area contributed by atoms with Gasteiger partial charge in [-0.05, 0) is 30.1 Å². The number of amides is 3. The fraction of sp³-hybridized carbons (Fsp3) is 0.385. The second kappa shape index (κ2) is 14.9. The molecule has 220 valence electrons. The number of H-pyrrole nitrogens is 2. The van der Waals surface area contributed by atoms with E-state index in [9.17, 15) is 34.2 Å². The molecule has 0 saturated carbocycles. The van der Waals surface area contributed by atoms with E-state index in [0.717, 1.165) is 10.9 Å². The van der Waals surface area contributed by atoms with E-state index in [0.29, 0.717) is 17.0 Å². The Labute approximate surface area is 239 Å². The highest BCUT2D eigenvalue weighted by molar-refractivity contribution is 7.98. The Balaban J connectivity index is 1.70. The van der Waals surface area contributed by atoms with E-state index in [-0.39, 0.29) is 19.3 Å². The minimum Gasteiger partial charge on any atom is -0.481 e. The lowest BCUT2D eigenvalue weighted by atomic mass is 10.0. The molecule has 0 radical (unpaired) electrons. The summed E-state index contributed by atoms with van der Waals surface area (Å²) in [7, 11) is 0. The van der Waals surface area contributed by atoms with Gasteiger partial charge < -0.3 is 41.9 Å². The number of carbonyl (C=O) groups excluding carboxylic acids is 3. The maximum absolute atomic E-state index is 13.2. The van der Waals surface area contributed by atoms with Crippen LogP contribution >= 0.6 is 11.8 Å². The lowest BCUT2D eigenvalue weighted by Gasteiger charge is -2.24. The summed E-state index contributed by atoms with van der Waals surface area (Å²) >= 11 is 1.42. The molecule has 4 atom stereocenters. The number of aromatic amines is 2. The normalized spacial score (nSPS) is 14.0. The number of hydrogen-bond donors (Lipinski definition) is 8. The molecule has 3 rings (SSSR count). The predicted molar refractivity (Wildman–Crippen MR) is 151 cm³/mol. The van der Waals surface area contributed by atoms with Crippen molar-refractivity contribution in [1.82, 2.24) is 30.9 Å². The van der Waals surface area contributed by atoms with Gasteiger partial charge in [-0.1, -0.05) is 18.2 Å². The van der Waals surface area contributed by atoms with Crippen molar-refractivity contribution < 1.29 is 34.2 Å². The van der Waals surface area contributed by atoms with Crippen molar-refractivity contribution in [2.24, 2.45) is 5.73 Å². The summed E-state index contributed by atoms with van der Waals surface area (Å²) in [4.78, 5) is 72.2. The SMILES string of the molecule is CSCCC(NC(=O)C(N)Cc1cnc[nH]1)C(=O)NC(CC(=O)O)C(=O)NC(Cc1c[nH]c2ccccc12)C(=O)O. The van der Waals surface area contributed by atoms with E-state index in [2.05, 4.69) is 30.9 Å². The van der Waals surface area contributed by atoms with Gasteiger partial charge >= 0.3 is 11.9 Å². The molecule has 14 nitrogen and oxygen atoms in total. The van der Waals surface area contributed by atoms with Crippen LogP contribution in [0.25, 0.3) is 10.9 Å². The van der Waals surface area contributed by atoms with Crippen LogP contribution in [0, 0.1) is 0 Å². The van der Waals surface area contributed by atoms with Crippen LogP contribution in [0.4, 0.5) is 0 Å². The fourth-order valence-corrected chi connectivity index (χ4v) is 4.63. The maximum Gasteiger partial charge on any atom is 0.326 e. The highest BCUT2D eigenvalue weighted by Crippen LogP contribution is 2.19. The van der Waals surface area contributed by atoms with Crippen LogP contribution in [0.1, 0.15) is 24.1 Å². The van der Waals surface area contributed by atoms with Gasteiger partial charge in [0.1, 0.15) is 18.1 Å². The molecule has 0 aliphatic heterocycles. The summed E-state index contributed by atoms with van der Waals surface area (Å²) in [5.74, 6) is -4.66. The molecule has 41 heavy (non-hydrogen) atoms. The van der Waals surface area contributed by atoms with Crippen molar-refractivity contribution in [2.75, 3.05) is 12.0 Å². The number of nitrogens with two attached hydrogens (primary N) is 1. The van der Waals surface area contributed by atoms with Crippen molar-refractivity contribution in [3.63, 3.8) is 0 Å². The Kier molecular flexibility index (Phi) is 11.3. The third-order valence-electron chi connectivity index (χ3n) is 6.30. The number of rotatable bonds is 16. The molecule has 0 fully saturated rings. The summed E-state index contributed by atoms with van der Waals surface area (Å²) in [5, 5.41) is 27.2. The number of nitrogens with one attached hydrogen (secondary N) is 5. The number of benzene rings is 1. The van der Waals surface area contributed by atoms with Crippen molar-refractivity contribution in [2.45, 2.75) is 49.9 Å². The fourth-order valence-electron chi connectivity index (χ4n) is 4.16. The van der Waals surface area contributed by atoms with Gasteiger partial charge in [0.25, 0.3) is 0 Å². The molecule has 0 aliphatic rings. The molecule has 2 aromatic heterocycles. The quantitative estimate of drug-likeness (QED) is 0.110. The smallest absolute Gasteiger partial charge is 0.326 e. The molecule has 3 aromatic rings. The largest absolute Gasteiger partial charge is 0.481 e. The van der Waals surface area contributed by atoms with Crippen LogP contribution in [-0.2, 0) is 36.8 Å². The second-order valence-corrected chi connectivity index (χ2v) is 10.3. The van der Waals surface area contributed by atoms with E-state index in [1.54, 1.807) is 24.6 Å². The molecule has 3 amide bonds. The number of thioether (sulfide) groups is 1. The highest BCUT2D eigenvalue weighted by Gasteiger charge is 2.32. The van der Waals surface area contributed by atoms with Gasteiger partial charge in [-0.3, -0.25) is 19.2 Å². The number of fused-ring (bicyclic) bond motifs is 1. The number of imidazole rings is 1. The number of para-hydroxylation sites is 1. The number of hydrogen-bond acceptors (Lipinski definition) is 8. The molecule has 0 spiro atoms. The molecule has 0 saturated heterocycles. The predicted octanol–water partition coefficient (Wildman–Crippen LogP) is -0.230. The minimum absolute atomic E-state index is 0.0839. The third kappa shape index (κ3) is 9.08. The third-order valence-corrected chi connectivity index (χ3v) is 6.94. The first-order valence-corrected chi connectivity index (χ1v) is 14.1. The zero-order valence-corrected chi connectivity index (χ0v) is 23.1. The lowest BCUT2D eigenvalue weighted by Crippen LogP contribution is -2.58. The van der Waals surface area contributed by atoms with Gasteiger partial charge in [0, 0.05) is 41.8 Å². The number of aromatic nitrogens is 3. The van der Waals surface area contributed by atoms with Crippen molar-refractivity contribution in [1.29, 1.82) is 0 Å². The molecule has 1 aromatic carbocycles. The Bertz CT molecular complexity index is 1360. The van der Waals surface area contributed by atoms with Crippen LogP contribution in [0.15, 0.2) is 43.0 Å². The Morgan fingerprint density at radius 2 is 1.63 bits per heavy atom. The molecular formula is C26H33N7O7S. The van der Waals surface area contributed by atoms with Crippen LogP contribution in [0.3, 0.4) is 0 Å². The number of nitrogens with zero attached hydrogens (tertiary/aromatic N) is 1. The second-order valence-electron chi connectivity index (χ2n) is 9.35. The Morgan fingerprint density at radius 3 is 2.29 bits per heavy atom. The first-order valence-electron chi connectivity index (χ1n) is 12.7. The van der Waals surface area contributed by atoms with Crippen molar-refractivity contribution in [3.8, 4) is 0 Å². The summed E-state index contributed by atoms with van der Waals surface area (Å²) < 4.78 is 0. The van der Waals surface area contributed by atoms with Gasteiger partial charge in [0.05, 0.1) is 18.8 Å². The molecule has 0 aliphatic carbocycles. The highest BCUT2D eigenvalue weighted by atomic mass is 32.2. The number of aliphatic carboxylic acids is 2. The Hall–Kier alpha value is -4.37. The van der Waals surface area contributed by atoms with Crippen molar-refractivity contribution in [3.05, 3.63) is 54.2 Å². The molecule has 0 bridgehead atoms. The number of carbonyl (C=O) groups is 5. The topological polar surface area (TPSA) is 232 Å². The van der Waals surface area contributed by atoms with E-state index in [1.165, 1.54) is 24.3 Å². The van der Waals surface area contributed by atoms with E-state index < -0.39 is 60.2 Å². The van der Waals surface area contributed by atoms with Gasteiger partial charge in [-0.25, -0.2) is 9.78 Å². The zero-order chi connectivity index (χ0) is 29.9. The summed E-state index contributed by atoms with van der Waals surface area (Å²) in [6, 6.07) is 2.12. The van der Waals surface area contributed by atoms with E-state index in [1.807, 2.05) is 12.1 Å². The average molecular weight is 588 g/mol. The molecule has 15 heteroatoms. The number of carboxylic acid groups (broad SMARTS) is 2. The van der Waals surface area contributed by atoms with Gasteiger partial charge in [0.15, 0.2) is 0 Å². The minimum atomic E-state index is -1.60. The van der Waals surface area contributed by atoms with Crippen LogP contribution < -0.4 is 21.7 Å².